The maximum atomic E-state index is 13.1. The lowest BCUT2D eigenvalue weighted by Crippen LogP contribution is -2.08. The van der Waals surface area contributed by atoms with Crippen molar-refractivity contribution in [2.45, 2.75) is 37.0 Å². The lowest BCUT2D eigenvalue weighted by Gasteiger charge is -2.16. The molecule has 3 rings (SSSR count). The Morgan fingerprint density at radius 1 is 0.909 bits per heavy atom. The van der Waals surface area contributed by atoms with E-state index in [2.05, 4.69) is 0 Å². The van der Waals surface area contributed by atoms with Gasteiger partial charge in [-0.3, -0.25) is 19.7 Å². The van der Waals surface area contributed by atoms with Gasteiger partial charge in [0.05, 0.1) is 22.3 Å². The fraction of sp³-hybridized carbons (Fsp3) is 0.217. The molecule has 0 fully saturated rings. The van der Waals surface area contributed by atoms with Gasteiger partial charge >= 0.3 is 11.9 Å². The van der Waals surface area contributed by atoms with Crippen LogP contribution in [-0.2, 0) is 20.4 Å². The number of nitrogens with zero attached hydrogens (tertiary/aromatic N) is 1. The zero-order valence-corrected chi connectivity index (χ0v) is 19.0. The first-order chi connectivity index (χ1) is 15.7. The molecule has 0 aliphatic carbocycles. The average Bonchev–Trinajstić information content (AvgIpc) is 2.78. The zero-order valence-electron chi connectivity index (χ0n) is 18.2. The number of ether oxygens (including phenoxy) is 3. The summed E-state index contributed by atoms with van der Waals surface area (Å²) < 4.78 is 29.6. The van der Waals surface area contributed by atoms with E-state index in [0.717, 1.165) is 0 Å². The Kier molecular flexibility index (Phi) is 7.39. The van der Waals surface area contributed by atoms with Crippen LogP contribution in [0.4, 0.5) is 5.69 Å². The molecule has 172 valence electrons. The molecular weight excluding hydrogens is 450 g/mol. The molecule has 3 aromatic rings. The third-order valence-electron chi connectivity index (χ3n) is 4.42. The van der Waals surface area contributed by atoms with Crippen molar-refractivity contribution in [2.24, 2.45) is 0 Å². The highest BCUT2D eigenvalue weighted by atomic mass is 32.2. The third kappa shape index (κ3) is 5.53. The van der Waals surface area contributed by atoms with E-state index in [1.807, 2.05) is 6.92 Å². The minimum Gasteiger partial charge on any atom is -0.490 e. The number of non-ortho nitro benzene ring substituents is 1. The van der Waals surface area contributed by atoms with E-state index in [4.69, 9.17) is 14.2 Å². The normalized spacial score (nSPS) is 11.6. The SMILES string of the molecule is CCCOc1cc(OC(C)=O)c2cc(S(=O)c3ccc([N+](=O)[O-])cc3)ccc2c1OC(C)=O. The second-order valence-corrected chi connectivity index (χ2v) is 8.45. The van der Waals surface area contributed by atoms with Crippen molar-refractivity contribution < 1.29 is 32.9 Å². The van der Waals surface area contributed by atoms with Crippen LogP contribution < -0.4 is 14.2 Å². The lowest BCUT2D eigenvalue weighted by atomic mass is 10.1. The molecule has 0 bridgehead atoms. The molecule has 0 heterocycles. The molecule has 33 heavy (non-hydrogen) atoms. The molecule has 0 saturated carbocycles. The Morgan fingerprint density at radius 2 is 1.55 bits per heavy atom. The predicted molar refractivity (Wildman–Crippen MR) is 120 cm³/mol. The first-order valence-corrected chi connectivity index (χ1v) is 11.1. The average molecular weight is 471 g/mol. The second-order valence-electron chi connectivity index (χ2n) is 6.96. The molecule has 0 aliphatic heterocycles. The Balaban J connectivity index is 2.16. The largest absolute Gasteiger partial charge is 0.490 e. The number of hydrogen-bond acceptors (Lipinski definition) is 8. The molecule has 0 spiro atoms. The molecule has 0 amide bonds. The van der Waals surface area contributed by atoms with Crippen LogP contribution in [0.25, 0.3) is 10.8 Å². The third-order valence-corrected chi connectivity index (χ3v) is 5.81. The number of carbonyl (C=O) groups excluding carboxylic acids is 2. The minimum atomic E-state index is -1.67. The Morgan fingerprint density at radius 3 is 2.12 bits per heavy atom. The summed E-state index contributed by atoms with van der Waals surface area (Å²) in [6.45, 7) is 4.77. The van der Waals surface area contributed by atoms with E-state index in [0.29, 0.717) is 33.6 Å². The van der Waals surface area contributed by atoms with Crippen molar-refractivity contribution in [1.82, 2.24) is 0 Å². The van der Waals surface area contributed by atoms with Crippen molar-refractivity contribution in [2.75, 3.05) is 6.61 Å². The molecule has 0 N–H and O–H groups in total. The highest BCUT2D eigenvalue weighted by Gasteiger charge is 2.20. The van der Waals surface area contributed by atoms with Gasteiger partial charge in [-0.1, -0.05) is 6.92 Å². The molecule has 9 nitrogen and oxygen atoms in total. The predicted octanol–water partition coefficient (Wildman–Crippen LogP) is 4.55. The number of benzene rings is 3. The maximum absolute atomic E-state index is 13.1. The van der Waals surface area contributed by atoms with Crippen LogP contribution in [0.3, 0.4) is 0 Å². The molecule has 0 radical (unpaired) electrons. The topological polar surface area (TPSA) is 122 Å². The molecule has 1 unspecified atom stereocenters. The molecule has 1 atom stereocenters. The van der Waals surface area contributed by atoms with Gasteiger partial charge in [0.1, 0.15) is 5.75 Å². The molecule has 0 aliphatic rings. The highest BCUT2D eigenvalue weighted by molar-refractivity contribution is 7.85. The minimum absolute atomic E-state index is 0.114. The van der Waals surface area contributed by atoms with E-state index in [9.17, 15) is 23.9 Å². The van der Waals surface area contributed by atoms with Gasteiger partial charge in [0.25, 0.3) is 5.69 Å². The first-order valence-electron chi connectivity index (χ1n) is 9.98. The number of nitro benzene ring substituents is 1. The Bertz CT molecular complexity index is 1250. The summed E-state index contributed by atoms with van der Waals surface area (Å²) in [5.74, 6) is -0.576. The van der Waals surface area contributed by atoms with Crippen molar-refractivity contribution >= 4 is 39.2 Å². The van der Waals surface area contributed by atoms with Gasteiger partial charge in [-0.2, -0.15) is 0 Å². The number of fused-ring (bicyclic) bond motifs is 1. The van der Waals surface area contributed by atoms with Gasteiger partial charge in [-0.15, -0.1) is 0 Å². The van der Waals surface area contributed by atoms with Gasteiger partial charge in [-0.05, 0) is 36.8 Å². The smallest absolute Gasteiger partial charge is 0.308 e. The van der Waals surface area contributed by atoms with Crippen LogP contribution in [-0.4, -0.2) is 27.7 Å². The van der Waals surface area contributed by atoms with Crippen LogP contribution in [0.1, 0.15) is 27.2 Å². The summed E-state index contributed by atoms with van der Waals surface area (Å²) >= 11 is 0. The van der Waals surface area contributed by atoms with E-state index >= 15 is 0 Å². The van der Waals surface area contributed by atoms with Gasteiger partial charge in [-0.25, -0.2) is 4.21 Å². The van der Waals surface area contributed by atoms with Gasteiger partial charge in [0.2, 0.25) is 0 Å². The van der Waals surface area contributed by atoms with Crippen LogP contribution in [0.5, 0.6) is 17.2 Å². The number of nitro groups is 1. The number of esters is 2. The number of hydrogen-bond donors (Lipinski definition) is 0. The zero-order chi connectivity index (χ0) is 24.1. The van der Waals surface area contributed by atoms with Crippen molar-refractivity contribution in [3.8, 4) is 17.2 Å². The molecule has 0 aromatic heterocycles. The molecule has 3 aromatic carbocycles. The second kappa shape index (κ2) is 10.2. The molecular formula is C23H21NO8S. The highest BCUT2D eigenvalue weighted by Crippen LogP contribution is 2.43. The molecule has 0 saturated heterocycles. The fourth-order valence-electron chi connectivity index (χ4n) is 3.07. The van der Waals surface area contributed by atoms with Crippen molar-refractivity contribution in [1.29, 1.82) is 0 Å². The Hall–Kier alpha value is -3.79. The van der Waals surface area contributed by atoms with E-state index in [1.165, 1.54) is 44.2 Å². The molecule has 10 heteroatoms. The van der Waals surface area contributed by atoms with E-state index in [1.54, 1.807) is 18.2 Å². The summed E-state index contributed by atoms with van der Waals surface area (Å²) in [7, 11) is -1.67. The van der Waals surface area contributed by atoms with Gasteiger partial charge in [0, 0.05) is 52.6 Å². The fourth-order valence-corrected chi connectivity index (χ4v) is 4.14. The number of rotatable bonds is 8. The maximum Gasteiger partial charge on any atom is 0.308 e. The van der Waals surface area contributed by atoms with E-state index < -0.39 is 27.7 Å². The lowest BCUT2D eigenvalue weighted by molar-refractivity contribution is -0.384. The Labute approximate surface area is 191 Å². The summed E-state index contributed by atoms with van der Waals surface area (Å²) in [6, 6.07) is 11.6. The van der Waals surface area contributed by atoms with Crippen molar-refractivity contribution in [3.05, 3.63) is 58.6 Å². The quantitative estimate of drug-likeness (QED) is 0.203. The first kappa shape index (κ1) is 23.9. The van der Waals surface area contributed by atoms with Crippen LogP contribution in [0.2, 0.25) is 0 Å². The van der Waals surface area contributed by atoms with Crippen LogP contribution in [0, 0.1) is 10.1 Å². The van der Waals surface area contributed by atoms with Crippen LogP contribution >= 0.6 is 0 Å². The summed E-state index contributed by atoms with van der Waals surface area (Å²) in [4.78, 5) is 34.5. The van der Waals surface area contributed by atoms with Crippen molar-refractivity contribution in [3.63, 3.8) is 0 Å². The monoisotopic (exact) mass is 471 g/mol. The van der Waals surface area contributed by atoms with Crippen LogP contribution in [0.15, 0.2) is 58.3 Å². The summed E-state index contributed by atoms with van der Waals surface area (Å²) in [5, 5.41) is 11.7. The number of carbonyl (C=O) groups is 2. The van der Waals surface area contributed by atoms with Gasteiger partial charge < -0.3 is 14.2 Å². The van der Waals surface area contributed by atoms with E-state index in [-0.39, 0.29) is 22.9 Å². The summed E-state index contributed by atoms with van der Waals surface area (Å²) in [6.07, 6.45) is 0.702. The standard InChI is InChI=1S/C23H21NO8S/c1-4-11-30-22-13-21(31-14(2)25)20-12-18(9-10-19(20)23(22)32-15(3)26)33(29)17-7-5-16(6-8-17)24(27)28/h5-10,12-13H,4,11H2,1-3H3. The summed E-state index contributed by atoms with van der Waals surface area (Å²) in [5.41, 5.74) is -0.114. The van der Waals surface area contributed by atoms with Gasteiger partial charge in [0.15, 0.2) is 11.5 Å².